The number of carbonyl (C=O) groups excluding carboxylic acids is 2. The Morgan fingerprint density at radius 3 is 2.45 bits per heavy atom. The van der Waals surface area contributed by atoms with Crippen molar-refractivity contribution >= 4 is 57.8 Å². The number of carboxylic acids is 1. The smallest absolute Gasteiger partial charge is 0.416 e. The number of amides is 2. The number of nitrogens with one attached hydrogen (secondary N) is 1. The van der Waals surface area contributed by atoms with Gasteiger partial charge in [0.15, 0.2) is 0 Å². The van der Waals surface area contributed by atoms with E-state index < -0.39 is 29.5 Å². The maximum absolute atomic E-state index is 13.4. The van der Waals surface area contributed by atoms with E-state index >= 15 is 0 Å². The lowest BCUT2D eigenvalue weighted by Gasteiger charge is -2.26. The van der Waals surface area contributed by atoms with Gasteiger partial charge in [-0.15, -0.1) is 0 Å². The highest BCUT2D eigenvalue weighted by atomic mass is 32.2. The predicted molar refractivity (Wildman–Crippen MR) is 176 cm³/mol. The molecule has 0 bridgehead atoms. The Morgan fingerprint density at radius 2 is 1.74 bits per heavy atom. The summed E-state index contributed by atoms with van der Waals surface area (Å²) < 4.78 is 52.0. The van der Waals surface area contributed by atoms with Crippen LogP contribution in [0.25, 0.3) is 17.2 Å². The number of morpholine rings is 1. The number of benzene rings is 3. The molecule has 3 aromatic rings. The standard InChI is InChI=1S/C33H30F3N3O6S2/c34-33(35,36)25-3-1-2-22(19-25)23-6-9-27(45-17-14-38-12-15-44-16-13-38)24(18-23)20-28-30(41)39(32(46)47-28)11-10-29(40)37-26-7-4-21(5-8-26)31(42)43/h1-9,18-20H,10-17H2,(H,37,40)(H,42,43)/b28-20-. The van der Waals surface area contributed by atoms with Crippen molar-refractivity contribution in [3.8, 4) is 16.9 Å². The van der Waals surface area contributed by atoms with Crippen molar-refractivity contribution in [3.05, 3.63) is 88.3 Å². The number of aromatic carboxylic acids is 1. The molecule has 2 fully saturated rings. The third-order valence-electron chi connectivity index (χ3n) is 7.44. The van der Waals surface area contributed by atoms with Crippen LogP contribution in [-0.2, 0) is 20.5 Å². The van der Waals surface area contributed by atoms with E-state index in [-0.39, 0.29) is 27.8 Å². The van der Waals surface area contributed by atoms with Crippen molar-refractivity contribution < 1.29 is 42.1 Å². The molecule has 2 amide bonds. The van der Waals surface area contributed by atoms with Crippen molar-refractivity contribution in [3.63, 3.8) is 0 Å². The van der Waals surface area contributed by atoms with Crippen LogP contribution in [0.5, 0.6) is 5.75 Å². The van der Waals surface area contributed by atoms with Gasteiger partial charge < -0.3 is 19.9 Å². The molecule has 0 aliphatic carbocycles. The number of nitrogens with zero attached hydrogens (tertiary/aromatic N) is 2. The van der Waals surface area contributed by atoms with Crippen molar-refractivity contribution in [1.29, 1.82) is 0 Å². The Hall–Kier alpha value is -4.24. The molecule has 246 valence electrons. The molecule has 2 saturated heterocycles. The number of anilines is 1. The van der Waals surface area contributed by atoms with Gasteiger partial charge in [0.25, 0.3) is 5.91 Å². The second kappa shape index (κ2) is 15.1. The lowest BCUT2D eigenvalue weighted by atomic mass is 10.00. The molecular weight excluding hydrogens is 656 g/mol. The molecule has 2 N–H and O–H groups in total. The molecule has 0 unspecified atom stereocenters. The monoisotopic (exact) mass is 685 g/mol. The van der Waals surface area contributed by atoms with E-state index in [1.807, 2.05) is 0 Å². The van der Waals surface area contributed by atoms with E-state index in [4.69, 9.17) is 26.8 Å². The molecule has 0 radical (unpaired) electrons. The Bertz CT molecular complexity index is 1690. The molecule has 14 heteroatoms. The molecule has 0 atom stereocenters. The Kier molecular flexibility index (Phi) is 11.0. The molecule has 2 aliphatic heterocycles. The van der Waals surface area contributed by atoms with Gasteiger partial charge in [-0.3, -0.25) is 19.4 Å². The zero-order valence-electron chi connectivity index (χ0n) is 24.9. The Morgan fingerprint density at radius 1 is 1.02 bits per heavy atom. The Labute approximate surface area is 278 Å². The average molecular weight is 686 g/mol. The Balaban J connectivity index is 1.32. The van der Waals surface area contributed by atoms with Gasteiger partial charge in [0.05, 0.1) is 29.2 Å². The first-order valence-electron chi connectivity index (χ1n) is 14.6. The quantitative estimate of drug-likeness (QED) is 0.185. The third kappa shape index (κ3) is 8.98. The fourth-order valence-electron chi connectivity index (χ4n) is 4.92. The van der Waals surface area contributed by atoms with E-state index in [1.54, 1.807) is 30.3 Å². The number of thioether (sulfide) groups is 1. The topological polar surface area (TPSA) is 108 Å². The summed E-state index contributed by atoms with van der Waals surface area (Å²) >= 11 is 6.50. The zero-order chi connectivity index (χ0) is 33.6. The molecule has 0 spiro atoms. The van der Waals surface area contributed by atoms with Gasteiger partial charge in [-0.1, -0.05) is 42.2 Å². The lowest BCUT2D eigenvalue weighted by molar-refractivity contribution is -0.137. The summed E-state index contributed by atoms with van der Waals surface area (Å²) in [5, 5.41) is 11.7. The minimum atomic E-state index is -4.50. The molecule has 0 saturated carbocycles. The number of carboxylic acid groups (broad SMARTS) is 1. The van der Waals surface area contributed by atoms with E-state index in [1.165, 1.54) is 35.2 Å². The van der Waals surface area contributed by atoms with Crippen LogP contribution in [0.3, 0.4) is 0 Å². The highest BCUT2D eigenvalue weighted by molar-refractivity contribution is 8.26. The summed E-state index contributed by atoms with van der Waals surface area (Å²) in [5.41, 5.74) is 1.07. The van der Waals surface area contributed by atoms with Crippen LogP contribution >= 0.6 is 24.0 Å². The van der Waals surface area contributed by atoms with Gasteiger partial charge in [-0.05, 0) is 65.7 Å². The number of halogens is 3. The zero-order valence-corrected chi connectivity index (χ0v) is 26.6. The van der Waals surface area contributed by atoms with E-state index in [9.17, 15) is 27.6 Å². The number of hydrogen-bond donors (Lipinski definition) is 2. The van der Waals surface area contributed by atoms with E-state index in [0.29, 0.717) is 54.5 Å². The fourth-order valence-corrected chi connectivity index (χ4v) is 6.22. The molecule has 3 aromatic carbocycles. The van der Waals surface area contributed by atoms with E-state index in [2.05, 4.69) is 10.2 Å². The van der Waals surface area contributed by atoms with Crippen LogP contribution in [0.15, 0.2) is 71.6 Å². The van der Waals surface area contributed by atoms with Crippen LogP contribution < -0.4 is 10.1 Å². The number of hydrogen-bond acceptors (Lipinski definition) is 8. The van der Waals surface area contributed by atoms with Crippen LogP contribution in [0.2, 0.25) is 0 Å². The molecule has 0 aromatic heterocycles. The van der Waals surface area contributed by atoms with Crippen molar-refractivity contribution in [2.24, 2.45) is 0 Å². The van der Waals surface area contributed by atoms with Gasteiger partial charge in [-0.25, -0.2) is 4.79 Å². The largest absolute Gasteiger partial charge is 0.492 e. The van der Waals surface area contributed by atoms with Crippen LogP contribution in [-0.4, -0.2) is 83.0 Å². The second-order valence-electron chi connectivity index (χ2n) is 10.6. The first-order valence-corrected chi connectivity index (χ1v) is 15.8. The van der Waals surface area contributed by atoms with Gasteiger partial charge in [-0.2, -0.15) is 13.2 Å². The van der Waals surface area contributed by atoms with Crippen LogP contribution in [0.1, 0.15) is 27.9 Å². The number of alkyl halides is 3. The maximum Gasteiger partial charge on any atom is 0.416 e. The molecule has 5 rings (SSSR count). The van der Waals surface area contributed by atoms with Crippen molar-refractivity contribution in [2.75, 3.05) is 51.3 Å². The average Bonchev–Trinajstić information content (AvgIpc) is 3.32. The highest BCUT2D eigenvalue weighted by Crippen LogP contribution is 2.37. The normalized spacial score (nSPS) is 16.5. The minimum Gasteiger partial charge on any atom is -0.492 e. The van der Waals surface area contributed by atoms with Crippen molar-refractivity contribution in [2.45, 2.75) is 12.6 Å². The summed E-state index contributed by atoms with van der Waals surface area (Å²) in [7, 11) is 0. The van der Waals surface area contributed by atoms with Crippen molar-refractivity contribution in [1.82, 2.24) is 9.80 Å². The summed E-state index contributed by atoms with van der Waals surface area (Å²) in [5.74, 6) is -1.44. The highest BCUT2D eigenvalue weighted by Gasteiger charge is 2.33. The summed E-state index contributed by atoms with van der Waals surface area (Å²) in [4.78, 5) is 40.8. The van der Waals surface area contributed by atoms with Gasteiger partial charge in [0.1, 0.15) is 16.7 Å². The second-order valence-corrected chi connectivity index (χ2v) is 12.3. The predicted octanol–water partition coefficient (Wildman–Crippen LogP) is 6.01. The molecular formula is C33H30F3N3O6S2. The molecule has 2 heterocycles. The van der Waals surface area contributed by atoms with E-state index in [0.717, 1.165) is 37.0 Å². The first kappa shape index (κ1) is 34.1. The first-order chi connectivity index (χ1) is 22.5. The summed E-state index contributed by atoms with van der Waals surface area (Å²) in [6.45, 7) is 3.84. The summed E-state index contributed by atoms with van der Waals surface area (Å²) in [6.07, 6.45) is -2.97. The third-order valence-corrected chi connectivity index (χ3v) is 8.82. The number of ether oxygens (including phenoxy) is 2. The number of carbonyl (C=O) groups is 3. The summed E-state index contributed by atoms with van der Waals surface area (Å²) in [6, 6.07) is 15.7. The SMILES string of the molecule is O=C(CCN1C(=O)/C(=C/c2cc(-c3cccc(C(F)(F)F)c3)ccc2OCCN2CCOCC2)SC1=S)Nc1ccc(C(=O)O)cc1. The van der Waals surface area contributed by atoms with Gasteiger partial charge >= 0.3 is 12.1 Å². The maximum atomic E-state index is 13.4. The van der Waals surface area contributed by atoms with Gasteiger partial charge in [0.2, 0.25) is 5.91 Å². The van der Waals surface area contributed by atoms with Crippen LogP contribution in [0.4, 0.5) is 18.9 Å². The minimum absolute atomic E-state index is 0.00816. The molecule has 9 nitrogen and oxygen atoms in total. The number of thiocarbonyl (C=S) groups is 1. The van der Waals surface area contributed by atoms with Crippen LogP contribution in [0, 0.1) is 0 Å². The fraction of sp³-hybridized carbons (Fsp3) is 0.273. The molecule has 2 aliphatic rings. The number of rotatable bonds is 11. The van der Waals surface area contributed by atoms with Gasteiger partial charge in [0, 0.05) is 43.9 Å². The molecule has 47 heavy (non-hydrogen) atoms. The lowest BCUT2D eigenvalue weighted by Crippen LogP contribution is -2.38.